The average Bonchev–Trinajstić information content (AvgIpc) is 2.63. The molecule has 1 aliphatic heterocycles. The second-order valence-corrected chi connectivity index (χ2v) is 4.10. The van der Waals surface area contributed by atoms with E-state index in [2.05, 4.69) is 0 Å². The van der Waals surface area contributed by atoms with E-state index in [1.807, 2.05) is 0 Å². The smallest absolute Gasteiger partial charge is 0.258 e. The molecular weight excluding hydrogens is 216 g/mol. The first-order chi connectivity index (χ1) is 7.18. The highest BCUT2D eigenvalue weighted by molar-refractivity contribution is 6.32. The molecule has 5 heteroatoms. The molecule has 1 aromatic rings. The molecular formula is C10H13ClN2O2. The molecule has 1 fully saturated rings. The lowest BCUT2D eigenvalue weighted by Gasteiger charge is -2.30. The molecule has 1 saturated heterocycles. The number of furan rings is 1. The van der Waals surface area contributed by atoms with Crippen LogP contribution in [0.2, 0.25) is 5.22 Å². The summed E-state index contributed by atoms with van der Waals surface area (Å²) in [6, 6.07) is 1.67. The number of nitrogens with zero attached hydrogens (tertiary/aromatic N) is 1. The van der Waals surface area contributed by atoms with Gasteiger partial charge in [0.1, 0.15) is 0 Å². The zero-order chi connectivity index (χ0) is 10.8. The maximum atomic E-state index is 12.0. The van der Waals surface area contributed by atoms with Crippen molar-refractivity contribution in [3.63, 3.8) is 0 Å². The third kappa shape index (κ3) is 2.16. The van der Waals surface area contributed by atoms with Crippen LogP contribution < -0.4 is 5.73 Å². The van der Waals surface area contributed by atoms with E-state index in [9.17, 15) is 4.79 Å². The van der Waals surface area contributed by atoms with Gasteiger partial charge in [0.05, 0.1) is 11.8 Å². The molecule has 0 unspecified atom stereocenters. The summed E-state index contributed by atoms with van der Waals surface area (Å²) in [4.78, 5) is 13.7. The summed E-state index contributed by atoms with van der Waals surface area (Å²) in [5, 5.41) is 0.152. The van der Waals surface area contributed by atoms with Crippen molar-refractivity contribution in [2.75, 3.05) is 13.1 Å². The van der Waals surface area contributed by atoms with Crippen LogP contribution in [0.25, 0.3) is 0 Å². The summed E-state index contributed by atoms with van der Waals surface area (Å²) in [5.41, 5.74) is 6.23. The molecule has 2 N–H and O–H groups in total. The number of hydrogen-bond acceptors (Lipinski definition) is 3. The van der Waals surface area contributed by atoms with Crippen molar-refractivity contribution in [3.05, 3.63) is 23.1 Å². The van der Waals surface area contributed by atoms with E-state index in [1.165, 1.54) is 6.26 Å². The van der Waals surface area contributed by atoms with Gasteiger partial charge in [0.25, 0.3) is 5.91 Å². The number of amides is 1. The Labute approximate surface area is 93.0 Å². The number of nitrogens with two attached hydrogens (primary N) is 1. The summed E-state index contributed by atoms with van der Waals surface area (Å²) >= 11 is 5.74. The lowest BCUT2D eigenvalue weighted by atomic mass is 10.1. The molecule has 0 radical (unpaired) electrons. The van der Waals surface area contributed by atoms with E-state index in [0.29, 0.717) is 12.1 Å². The lowest BCUT2D eigenvalue weighted by Crippen LogP contribution is -2.45. The summed E-state index contributed by atoms with van der Waals surface area (Å²) in [6.45, 7) is 1.34. The predicted octanol–water partition coefficient (Wildman–Crippen LogP) is 1.50. The fraction of sp³-hybridized carbons (Fsp3) is 0.500. The van der Waals surface area contributed by atoms with Crippen LogP contribution in [0.1, 0.15) is 23.2 Å². The number of likely N-dealkylation sites (tertiary alicyclic amines) is 1. The SMILES string of the molecule is N[C@@H]1CCCN(C(=O)c2ccoc2Cl)C1. The fourth-order valence-electron chi connectivity index (χ4n) is 1.81. The molecule has 1 amide bonds. The van der Waals surface area contributed by atoms with Gasteiger partial charge in [0.2, 0.25) is 5.22 Å². The monoisotopic (exact) mass is 228 g/mol. The zero-order valence-electron chi connectivity index (χ0n) is 8.28. The van der Waals surface area contributed by atoms with Crippen LogP contribution >= 0.6 is 11.6 Å². The third-order valence-electron chi connectivity index (χ3n) is 2.59. The largest absolute Gasteiger partial charge is 0.452 e. The molecule has 1 atom stereocenters. The van der Waals surface area contributed by atoms with Gasteiger partial charge in [-0.05, 0) is 30.5 Å². The molecule has 2 rings (SSSR count). The first kappa shape index (κ1) is 10.5. The standard InChI is InChI=1S/C10H13ClN2O2/c11-9-8(3-5-15-9)10(14)13-4-1-2-7(12)6-13/h3,5,7H,1-2,4,6,12H2/t7-/m1/s1. The van der Waals surface area contributed by atoms with Gasteiger partial charge < -0.3 is 15.1 Å². The van der Waals surface area contributed by atoms with E-state index in [0.717, 1.165) is 19.4 Å². The highest BCUT2D eigenvalue weighted by atomic mass is 35.5. The molecule has 1 aromatic heterocycles. The highest BCUT2D eigenvalue weighted by Crippen LogP contribution is 2.20. The predicted molar refractivity (Wildman–Crippen MR) is 56.8 cm³/mol. The molecule has 4 nitrogen and oxygen atoms in total. The molecule has 2 heterocycles. The van der Waals surface area contributed by atoms with Crippen molar-refractivity contribution in [3.8, 4) is 0 Å². The Balaban J connectivity index is 2.11. The Bertz CT molecular complexity index is 364. The average molecular weight is 229 g/mol. The molecule has 0 bridgehead atoms. The number of hydrogen-bond donors (Lipinski definition) is 1. The minimum Gasteiger partial charge on any atom is -0.452 e. The Kier molecular flexibility index (Phi) is 2.98. The van der Waals surface area contributed by atoms with Crippen LogP contribution in [-0.2, 0) is 0 Å². The molecule has 0 spiro atoms. The van der Waals surface area contributed by atoms with Crippen LogP contribution in [0.4, 0.5) is 0 Å². The fourth-order valence-corrected chi connectivity index (χ4v) is 2.01. The summed E-state index contributed by atoms with van der Waals surface area (Å²) < 4.78 is 4.89. The second kappa shape index (κ2) is 4.24. The first-order valence-corrected chi connectivity index (χ1v) is 5.34. The van der Waals surface area contributed by atoms with E-state index >= 15 is 0 Å². The van der Waals surface area contributed by atoms with Gasteiger partial charge in [-0.15, -0.1) is 0 Å². The molecule has 15 heavy (non-hydrogen) atoms. The third-order valence-corrected chi connectivity index (χ3v) is 2.89. The second-order valence-electron chi connectivity index (χ2n) is 3.76. The van der Waals surface area contributed by atoms with Crippen molar-refractivity contribution in [2.45, 2.75) is 18.9 Å². The van der Waals surface area contributed by atoms with Gasteiger partial charge in [-0.3, -0.25) is 4.79 Å². The molecule has 0 saturated carbocycles. The summed E-state index contributed by atoms with van der Waals surface area (Å²) in [7, 11) is 0. The van der Waals surface area contributed by atoms with Crippen LogP contribution in [0, 0.1) is 0 Å². The van der Waals surface area contributed by atoms with Gasteiger partial charge in [0, 0.05) is 19.1 Å². The topological polar surface area (TPSA) is 59.5 Å². The van der Waals surface area contributed by atoms with Gasteiger partial charge in [-0.2, -0.15) is 0 Å². The number of halogens is 1. The first-order valence-electron chi connectivity index (χ1n) is 4.96. The van der Waals surface area contributed by atoms with Gasteiger partial charge in [0.15, 0.2) is 0 Å². The maximum absolute atomic E-state index is 12.0. The Hall–Kier alpha value is -1.00. The van der Waals surface area contributed by atoms with Crippen molar-refractivity contribution < 1.29 is 9.21 Å². The molecule has 0 aliphatic carbocycles. The van der Waals surface area contributed by atoms with E-state index in [1.54, 1.807) is 11.0 Å². The Morgan fingerprint density at radius 1 is 1.67 bits per heavy atom. The maximum Gasteiger partial charge on any atom is 0.258 e. The van der Waals surface area contributed by atoms with Crippen LogP contribution in [0.5, 0.6) is 0 Å². The quantitative estimate of drug-likeness (QED) is 0.793. The molecule has 1 aliphatic rings. The van der Waals surface area contributed by atoms with Crippen LogP contribution in [-0.4, -0.2) is 29.9 Å². The number of piperidine rings is 1. The number of carbonyl (C=O) groups is 1. The highest BCUT2D eigenvalue weighted by Gasteiger charge is 2.24. The lowest BCUT2D eigenvalue weighted by molar-refractivity contribution is 0.0708. The normalized spacial score (nSPS) is 21.7. The summed E-state index contributed by atoms with van der Waals surface area (Å²) in [5.74, 6) is -0.0936. The van der Waals surface area contributed by atoms with Crippen molar-refractivity contribution in [1.82, 2.24) is 4.90 Å². The molecule has 0 aromatic carbocycles. The van der Waals surface area contributed by atoms with Crippen molar-refractivity contribution in [2.24, 2.45) is 5.73 Å². The van der Waals surface area contributed by atoms with Gasteiger partial charge >= 0.3 is 0 Å². The van der Waals surface area contributed by atoms with Gasteiger partial charge in [-0.1, -0.05) is 0 Å². The minimum atomic E-state index is -0.0936. The minimum absolute atomic E-state index is 0.0772. The Morgan fingerprint density at radius 2 is 2.47 bits per heavy atom. The number of rotatable bonds is 1. The van der Waals surface area contributed by atoms with Crippen LogP contribution in [0.3, 0.4) is 0 Å². The van der Waals surface area contributed by atoms with E-state index < -0.39 is 0 Å². The Morgan fingerprint density at radius 3 is 3.07 bits per heavy atom. The van der Waals surface area contributed by atoms with Crippen molar-refractivity contribution >= 4 is 17.5 Å². The van der Waals surface area contributed by atoms with E-state index in [4.69, 9.17) is 21.8 Å². The van der Waals surface area contributed by atoms with Crippen molar-refractivity contribution in [1.29, 1.82) is 0 Å². The number of carbonyl (C=O) groups excluding carboxylic acids is 1. The van der Waals surface area contributed by atoms with Gasteiger partial charge in [-0.25, -0.2) is 0 Å². The molecule has 82 valence electrons. The van der Waals surface area contributed by atoms with Crippen LogP contribution in [0.15, 0.2) is 16.7 Å². The zero-order valence-corrected chi connectivity index (χ0v) is 9.04. The van der Waals surface area contributed by atoms with E-state index in [-0.39, 0.29) is 17.2 Å². The summed E-state index contributed by atoms with van der Waals surface area (Å²) in [6.07, 6.45) is 3.34.